The molecule has 0 unspecified atom stereocenters. The number of oxazole rings is 1. The highest BCUT2D eigenvalue weighted by atomic mass is 16.3. The molecule has 0 aliphatic heterocycles. The number of benzene rings is 2. The number of nitrogens with zero attached hydrogens (tertiary/aromatic N) is 3. The van der Waals surface area contributed by atoms with Crippen molar-refractivity contribution in [2.75, 3.05) is 0 Å². The molecule has 4 heteroatoms. The van der Waals surface area contributed by atoms with E-state index in [0.717, 1.165) is 28.2 Å². The summed E-state index contributed by atoms with van der Waals surface area (Å²) in [7, 11) is 0. The Bertz CT molecular complexity index is 1120. The second-order valence-corrected chi connectivity index (χ2v) is 6.15. The maximum absolute atomic E-state index is 9.62. The zero-order chi connectivity index (χ0) is 18.1. The molecule has 0 radical (unpaired) electrons. The van der Waals surface area contributed by atoms with Crippen LogP contribution in [0.3, 0.4) is 0 Å². The second kappa shape index (κ2) is 6.38. The van der Waals surface area contributed by atoms with Gasteiger partial charge in [0.1, 0.15) is 17.2 Å². The summed E-state index contributed by atoms with van der Waals surface area (Å²) in [6, 6.07) is 22.0. The van der Waals surface area contributed by atoms with E-state index in [9.17, 15) is 5.26 Å². The molecule has 126 valence electrons. The van der Waals surface area contributed by atoms with Gasteiger partial charge < -0.3 is 8.98 Å². The third-order valence-corrected chi connectivity index (χ3v) is 4.43. The average molecular weight is 339 g/mol. The summed E-state index contributed by atoms with van der Waals surface area (Å²) < 4.78 is 7.92. The molecule has 2 aromatic heterocycles. The molecular formula is C22H17N3O. The fourth-order valence-electron chi connectivity index (χ4n) is 3.19. The largest absolute Gasteiger partial charge is 0.435 e. The molecule has 2 aromatic carbocycles. The standard InChI is InChI=1S/C22H17N3O/c1-15-12-17(16(2)25(15)19-8-4-3-5-9-19)13-18(14-23)22-24-20-10-6-7-11-21(20)26-22/h3-13H,1-2H3/b18-13+. The molecular weight excluding hydrogens is 322 g/mol. The summed E-state index contributed by atoms with van der Waals surface area (Å²) in [5.41, 5.74) is 6.09. The second-order valence-electron chi connectivity index (χ2n) is 6.15. The van der Waals surface area contributed by atoms with Crippen LogP contribution in [-0.4, -0.2) is 9.55 Å². The third-order valence-electron chi connectivity index (χ3n) is 4.43. The third kappa shape index (κ3) is 2.70. The molecule has 0 aliphatic carbocycles. The molecule has 0 saturated heterocycles. The number of hydrogen-bond donors (Lipinski definition) is 0. The topological polar surface area (TPSA) is 54.8 Å². The minimum absolute atomic E-state index is 0.346. The van der Waals surface area contributed by atoms with E-state index < -0.39 is 0 Å². The molecule has 4 aromatic rings. The first-order valence-corrected chi connectivity index (χ1v) is 8.39. The van der Waals surface area contributed by atoms with Gasteiger partial charge in [0.25, 0.3) is 0 Å². The van der Waals surface area contributed by atoms with E-state index in [1.165, 1.54) is 0 Å². The van der Waals surface area contributed by atoms with Crippen LogP contribution < -0.4 is 0 Å². The zero-order valence-electron chi connectivity index (χ0n) is 14.6. The van der Waals surface area contributed by atoms with Crippen molar-refractivity contribution in [3.05, 3.63) is 83.5 Å². The zero-order valence-corrected chi connectivity index (χ0v) is 14.6. The number of hydrogen-bond acceptors (Lipinski definition) is 3. The first kappa shape index (κ1) is 15.9. The molecule has 0 bridgehead atoms. The molecule has 2 heterocycles. The van der Waals surface area contributed by atoms with Gasteiger partial charge in [0.2, 0.25) is 5.89 Å². The lowest BCUT2D eigenvalue weighted by Crippen LogP contribution is -1.98. The van der Waals surface area contributed by atoms with Crippen molar-refractivity contribution >= 4 is 22.7 Å². The summed E-state index contributed by atoms with van der Waals surface area (Å²) in [6.45, 7) is 4.11. The molecule has 0 saturated carbocycles. The predicted octanol–water partition coefficient (Wildman–Crippen LogP) is 5.30. The Morgan fingerprint density at radius 2 is 1.81 bits per heavy atom. The van der Waals surface area contributed by atoms with Crippen LogP contribution in [0.1, 0.15) is 22.8 Å². The average Bonchev–Trinajstić information content (AvgIpc) is 3.21. The van der Waals surface area contributed by atoms with Gasteiger partial charge in [0, 0.05) is 17.1 Å². The number of allylic oxidation sites excluding steroid dienone is 1. The minimum Gasteiger partial charge on any atom is -0.435 e. The highest BCUT2D eigenvalue weighted by molar-refractivity contribution is 5.89. The number of aromatic nitrogens is 2. The summed E-state index contributed by atoms with van der Waals surface area (Å²) in [6.07, 6.45) is 1.84. The van der Waals surface area contributed by atoms with Gasteiger partial charge in [0.15, 0.2) is 5.58 Å². The van der Waals surface area contributed by atoms with Gasteiger partial charge in [-0.05, 0) is 55.8 Å². The molecule has 0 amide bonds. The molecule has 0 aliphatic rings. The van der Waals surface area contributed by atoms with Crippen molar-refractivity contribution in [3.63, 3.8) is 0 Å². The van der Waals surface area contributed by atoms with E-state index in [1.54, 1.807) is 0 Å². The highest BCUT2D eigenvalue weighted by Crippen LogP contribution is 2.26. The summed E-state index contributed by atoms with van der Waals surface area (Å²) in [5.74, 6) is 0.346. The number of para-hydroxylation sites is 3. The van der Waals surface area contributed by atoms with Gasteiger partial charge in [0.05, 0.1) is 0 Å². The Morgan fingerprint density at radius 3 is 2.54 bits per heavy atom. The van der Waals surface area contributed by atoms with E-state index in [2.05, 4.69) is 40.7 Å². The predicted molar refractivity (Wildman–Crippen MR) is 103 cm³/mol. The fraction of sp³-hybridized carbons (Fsp3) is 0.0909. The van der Waals surface area contributed by atoms with E-state index in [1.807, 2.05) is 55.5 Å². The van der Waals surface area contributed by atoms with Crippen LogP contribution in [0.5, 0.6) is 0 Å². The van der Waals surface area contributed by atoms with Crippen molar-refractivity contribution in [1.29, 1.82) is 5.26 Å². The number of nitriles is 1. The molecule has 0 atom stereocenters. The Kier molecular flexibility index (Phi) is 3.91. The van der Waals surface area contributed by atoms with E-state index >= 15 is 0 Å². The van der Waals surface area contributed by atoms with Crippen LogP contribution >= 0.6 is 0 Å². The Hall–Kier alpha value is -3.58. The van der Waals surface area contributed by atoms with Gasteiger partial charge in [-0.25, -0.2) is 4.98 Å². The van der Waals surface area contributed by atoms with Gasteiger partial charge in [-0.1, -0.05) is 30.3 Å². The first-order chi connectivity index (χ1) is 12.7. The van der Waals surface area contributed by atoms with Crippen molar-refractivity contribution in [1.82, 2.24) is 9.55 Å². The molecule has 4 rings (SSSR count). The van der Waals surface area contributed by atoms with Gasteiger partial charge in [-0.3, -0.25) is 0 Å². The molecule has 4 nitrogen and oxygen atoms in total. The summed E-state index contributed by atoms with van der Waals surface area (Å²) >= 11 is 0. The quantitative estimate of drug-likeness (QED) is 0.476. The monoisotopic (exact) mass is 339 g/mol. The van der Waals surface area contributed by atoms with Crippen LogP contribution in [0.2, 0.25) is 0 Å². The SMILES string of the molecule is Cc1cc(/C=C(\C#N)c2nc3ccccc3o2)c(C)n1-c1ccccc1. The number of rotatable bonds is 3. The van der Waals surface area contributed by atoms with Crippen LogP contribution in [0.15, 0.2) is 65.1 Å². The van der Waals surface area contributed by atoms with E-state index in [-0.39, 0.29) is 0 Å². The van der Waals surface area contributed by atoms with Crippen molar-refractivity contribution in [2.45, 2.75) is 13.8 Å². The lowest BCUT2D eigenvalue weighted by Gasteiger charge is -2.09. The number of aryl methyl sites for hydroxylation is 1. The van der Waals surface area contributed by atoms with Crippen LogP contribution in [-0.2, 0) is 0 Å². The van der Waals surface area contributed by atoms with Crippen molar-refractivity contribution in [2.24, 2.45) is 0 Å². The van der Waals surface area contributed by atoms with Crippen molar-refractivity contribution in [3.8, 4) is 11.8 Å². The summed E-state index contributed by atoms with van der Waals surface area (Å²) in [4.78, 5) is 4.43. The van der Waals surface area contributed by atoms with Gasteiger partial charge >= 0.3 is 0 Å². The summed E-state index contributed by atoms with van der Waals surface area (Å²) in [5, 5.41) is 9.62. The molecule has 0 fully saturated rings. The Balaban J connectivity index is 1.81. The lowest BCUT2D eigenvalue weighted by atomic mass is 10.1. The van der Waals surface area contributed by atoms with Crippen LogP contribution in [0, 0.1) is 25.2 Å². The maximum Gasteiger partial charge on any atom is 0.238 e. The van der Waals surface area contributed by atoms with Crippen LogP contribution in [0.25, 0.3) is 28.4 Å². The maximum atomic E-state index is 9.62. The van der Waals surface area contributed by atoms with Gasteiger partial charge in [-0.15, -0.1) is 0 Å². The minimum atomic E-state index is 0.346. The van der Waals surface area contributed by atoms with E-state index in [4.69, 9.17) is 4.42 Å². The Labute approximate surface area is 151 Å². The number of fused-ring (bicyclic) bond motifs is 1. The normalized spacial score (nSPS) is 11.7. The molecule has 0 N–H and O–H groups in total. The smallest absolute Gasteiger partial charge is 0.238 e. The van der Waals surface area contributed by atoms with E-state index in [0.29, 0.717) is 17.0 Å². The Morgan fingerprint density at radius 1 is 1.08 bits per heavy atom. The fourth-order valence-corrected chi connectivity index (χ4v) is 3.19. The molecule has 0 spiro atoms. The lowest BCUT2D eigenvalue weighted by molar-refractivity contribution is 0.586. The molecule has 26 heavy (non-hydrogen) atoms. The highest BCUT2D eigenvalue weighted by Gasteiger charge is 2.14. The first-order valence-electron chi connectivity index (χ1n) is 8.39. The van der Waals surface area contributed by atoms with Crippen LogP contribution in [0.4, 0.5) is 0 Å². The van der Waals surface area contributed by atoms with Crippen molar-refractivity contribution < 1.29 is 4.42 Å². The van der Waals surface area contributed by atoms with Gasteiger partial charge in [-0.2, -0.15) is 5.26 Å².